The van der Waals surface area contributed by atoms with Crippen LogP contribution in [0.1, 0.15) is 37.3 Å². The van der Waals surface area contributed by atoms with Crippen molar-refractivity contribution < 1.29 is 30.7 Å². The Morgan fingerprint density at radius 2 is 1.79 bits per heavy atom. The molecule has 0 saturated carbocycles. The summed E-state index contributed by atoms with van der Waals surface area (Å²) >= 11 is 0. The van der Waals surface area contributed by atoms with Crippen molar-refractivity contribution >= 4 is 22.4 Å². The summed E-state index contributed by atoms with van der Waals surface area (Å²) in [5.41, 5.74) is -5.03. The van der Waals surface area contributed by atoms with E-state index in [2.05, 4.69) is 25.4 Å². The lowest BCUT2D eigenvalue weighted by atomic mass is 10.1. The minimum absolute atomic E-state index is 0.0724. The number of aromatic amines is 1. The molecule has 228 valence electrons. The van der Waals surface area contributed by atoms with Gasteiger partial charge in [0.15, 0.2) is 5.82 Å². The number of anilines is 2. The molecule has 0 spiro atoms. The zero-order chi connectivity index (χ0) is 31.1. The summed E-state index contributed by atoms with van der Waals surface area (Å²) in [5, 5.41) is 7.69. The Hall–Kier alpha value is -4.57. The zero-order valence-electron chi connectivity index (χ0n) is 22.4. The van der Waals surface area contributed by atoms with Gasteiger partial charge in [-0.3, -0.25) is 14.2 Å². The number of halogens is 7. The molecule has 1 fully saturated rings. The zero-order valence-corrected chi connectivity index (χ0v) is 22.4. The largest absolute Gasteiger partial charge is 0.423 e. The van der Waals surface area contributed by atoms with Gasteiger partial charge in [0.1, 0.15) is 22.8 Å². The van der Waals surface area contributed by atoms with E-state index in [1.54, 1.807) is 12.0 Å². The minimum Gasteiger partial charge on any atom is -0.381 e. The van der Waals surface area contributed by atoms with Crippen LogP contribution in [-0.2, 0) is 18.9 Å². The second kappa shape index (κ2) is 11.3. The van der Waals surface area contributed by atoms with Crippen LogP contribution in [0.25, 0.3) is 22.3 Å². The summed E-state index contributed by atoms with van der Waals surface area (Å²) in [4.78, 5) is 38.0. The number of nitrogens with zero attached hydrogens (tertiary/aromatic N) is 6. The molecular weight excluding hydrogens is 589 g/mol. The SMILES string of the molecule is C[C@@H](CCCn1cnc2cc(-c3ncc(C(F)(F)F)c(N4CCC4)n3)c(F)cc2c1=O)Nc1cn[nH]c(=O)c1C(F)(F)F. The molecule has 4 aromatic rings. The molecular formula is C26H23F7N8O2. The van der Waals surface area contributed by atoms with Gasteiger partial charge in [-0.2, -0.15) is 31.4 Å². The summed E-state index contributed by atoms with van der Waals surface area (Å²) in [6.45, 7) is 2.43. The number of hydrogen-bond acceptors (Lipinski definition) is 8. The van der Waals surface area contributed by atoms with Crippen LogP contribution >= 0.6 is 0 Å². The highest BCUT2D eigenvalue weighted by atomic mass is 19.4. The Labute approximate surface area is 237 Å². The van der Waals surface area contributed by atoms with Crippen LogP contribution in [0.3, 0.4) is 0 Å². The van der Waals surface area contributed by atoms with E-state index >= 15 is 4.39 Å². The second-order valence-electron chi connectivity index (χ2n) is 10.0. The van der Waals surface area contributed by atoms with Crippen molar-refractivity contribution in [2.75, 3.05) is 23.3 Å². The molecule has 4 heterocycles. The molecule has 1 aliphatic rings. The molecule has 1 aliphatic heterocycles. The van der Waals surface area contributed by atoms with Crippen LogP contribution in [0.4, 0.5) is 42.2 Å². The molecule has 0 bridgehead atoms. The van der Waals surface area contributed by atoms with Crippen molar-refractivity contribution in [1.29, 1.82) is 0 Å². The van der Waals surface area contributed by atoms with Gasteiger partial charge in [-0.1, -0.05) is 0 Å². The van der Waals surface area contributed by atoms with Crippen molar-refractivity contribution in [1.82, 2.24) is 29.7 Å². The molecule has 1 atom stereocenters. The van der Waals surface area contributed by atoms with Crippen LogP contribution < -0.4 is 21.3 Å². The van der Waals surface area contributed by atoms with Crippen LogP contribution in [-0.4, -0.2) is 48.8 Å². The minimum atomic E-state index is -4.90. The third kappa shape index (κ3) is 6.15. The highest BCUT2D eigenvalue weighted by molar-refractivity contribution is 5.82. The fraction of sp³-hybridized carbons (Fsp3) is 0.385. The maximum Gasteiger partial charge on any atom is 0.423 e. The van der Waals surface area contributed by atoms with E-state index in [4.69, 9.17) is 0 Å². The maximum absolute atomic E-state index is 15.2. The number of aromatic nitrogens is 6. The second-order valence-corrected chi connectivity index (χ2v) is 10.0. The molecule has 3 aromatic heterocycles. The van der Waals surface area contributed by atoms with Crippen LogP contribution in [0, 0.1) is 5.82 Å². The molecule has 0 aliphatic carbocycles. The van der Waals surface area contributed by atoms with Crippen LogP contribution in [0.5, 0.6) is 0 Å². The van der Waals surface area contributed by atoms with Gasteiger partial charge in [0, 0.05) is 31.9 Å². The molecule has 0 unspecified atom stereocenters. The first-order valence-electron chi connectivity index (χ1n) is 13.0. The van der Waals surface area contributed by atoms with Gasteiger partial charge in [-0.15, -0.1) is 0 Å². The van der Waals surface area contributed by atoms with E-state index in [1.165, 1.54) is 21.9 Å². The van der Waals surface area contributed by atoms with Crippen molar-refractivity contribution in [2.24, 2.45) is 0 Å². The molecule has 2 N–H and O–H groups in total. The lowest BCUT2D eigenvalue weighted by Gasteiger charge is -2.33. The monoisotopic (exact) mass is 612 g/mol. The molecule has 17 heteroatoms. The number of alkyl halides is 6. The summed E-state index contributed by atoms with van der Waals surface area (Å²) in [6, 6.07) is 1.57. The predicted octanol–water partition coefficient (Wildman–Crippen LogP) is 4.60. The van der Waals surface area contributed by atoms with Gasteiger partial charge in [-0.05, 0) is 38.3 Å². The summed E-state index contributed by atoms with van der Waals surface area (Å²) < 4.78 is 96.7. The topological polar surface area (TPSA) is 122 Å². The third-order valence-corrected chi connectivity index (χ3v) is 6.96. The van der Waals surface area contributed by atoms with Gasteiger partial charge in [-0.25, -0.2) is 24.4 Å². The number of hydrogen-bond donors (Lipinski definition) is 2. The molecule has 5 rings (SSSR count). The van der Waals surface area contributed by atoms with E-state index in [1.807, 2.05) is 0 Å². The maximum atomic E-state index is 15.2. The fourth-order valence-electron chi connectivity index (χ4n) is 4.68. The van der Waals surface area contributed by atoms with E-state index in [9.17, 15) is 35.9 Å². The smallest absolute Gasteiger partial charge is 0.381 e. The van der Waals surface area contributed by atoms with Crippen molar-refractivity contribution in [3.8, 4) is 11.4 Å². The number of fused-ring (bicyclic) bond motifs is 1. The first-order valence-corrected chi connectivity index (χ1v) is 13.0. The fourth-order valence-corrected chi connectivity index (χ4v) is 4.68. The number of aryl methyl sites for hydroxylation is 1. The summed E-state index contributed by atoms with van der Waals surface area (Å²) in [5.74, 6) is -1.56. The van der Waals surface area contributed by atoms with Crippen molar-refractivity contribution in [2.45, 2.75) is 51.1 Å². The number of H-pyrrole nitrogens is 1. The average molecular weight is 613 g/mol. The first kappa shape index (κ1) is 29.9. The van der Waals surface area contributed by atoms with E-state index in [0.29, 0.717) is 32.1 Å². The van der Waals surface area contributed by atoms with Gasteiger partial charge < -0.3 is 10.2 Å². The van der Waals surface area contributed by atoms with Gasteiger partial charge in [0.2, 0.25) is 0 Å². The first-order chi connectivity index (χ1) is 20.2. The highest BCUT2D eigenvalue weighted by Gasteiger charge is 2.39. The Balaban J connectivity index is 1.33. The Kier molecular flexibility index (Phi) is 7.83. The Morgan fingerprint density at radius 3 is 2.44 bits per heavy atom. The van der Waals surface area contributed by atoms with Crippen LogP contribution in [0.2, 0.25) is 0 Å². The van der Waals surface area contributed by atoms with Crippen LogP contribution in [0.15, 0.2) is 40.4 Å². The van der Waals surface area contributed by atoms with E-state index < -0.39 is 52.1 Å². The lowest BCUT2D eigenvalue weighted by Crippen LogP contribution is -2.39. The lowest BCUT2D eigenvalue weighted by molar-refractivity contribution is -0.138. The predicted molar refractivity (Wildman–Crippen MR) is 141 cm³/mol. The van der Waals surface area contributed by atoms with E-state index in [0.717, 1.165) is 12.3 Å². The third-order valence-electron chi connectivity index (χ3n) is 6.96. The summed E-state index contributed by atoms with van der Waals surface area (Å²) in [7, 11) is 0. The summed E-state index contributed by atoms with van der Waals surface area (Å²) in [6.07, 6.45) is -5.63. The molecule has 1 aromatic carbocycles. The standard InChI is InChI=1S/C26H23F7N8O2/c1-13(37-19-11-36-39-23(42)20(19)26(31,32)33)4-2-5-41-12-35-18-9-14(17(27)8-15(18)24(41)43)21-34-10-16(25(28,29)30)22(38-21)40-6-3-7-40/h8-13H,2-7H2,1H3,(H2,37,39,42)/t13-/m0/s1. The number of nitrogens with one attached hydrogen (secondary N) is 2. The molecule has 0 amide bonds. The van der Waals surface area contributed by atoms with Crippen molar-refractivity contribution in [3.05, 3.63) is 68.5 Å². The van der Waals surface area contributed by atoms with Gasteiger partial charge in [0.05, 0.1) is 34.7 Å². The molecule has 0 radical (unpaired) electrons. The Morgan fingerprint density at radius 1 is 1.05 bits per heavy atom. The quantitative estimate of drug-likeness (QED) is 0.277. The highest BCUT2D eigenvalue weighted by Crippen LogP contribution is 2.38. The van der Waals surface area contributed by atoms with Crippen molar-refractivity contribution in [3.63, 3.8) is 0 Å². The van der Waals surface area contributed by atoms with E-state index in [-0.39, 0.29) is 41.1 Å². The van der Waals surface area contributed by atoms with Gasteiger partial charge >= 0.3 is 12.4 Å². The average Bonchev–Trinajstić information content (AvgIpc) is 2.87. The molecule has 1 saturated heterocycles. The Bertz CT molecular complexity index is 1780. The number of benzene rings is 1. The number of rotatable bonds is 8. The molecule has 43 heavy (non-hydrogen) atoms. The normalized spacial score (nSPS) is 14.6. The molecule has 10 nitrogen and oxygen atoms in total. The van der Waals surface area contributed by atoms with Gasteiger partial charge in [0.25, 0.3) is 11.1 Å².